The lowest BCUT2D eigenvalue weighted by Gasteiger charge is -2.34. The van der Waals surface area contributed by atoms with Gasteiger partial charge in [-0.25, -0.2) is 0 Å². The van der Waals surface area contributed by atoms with Gasteiger partial charge in [0.1, 0.15) is 6.10 Å². The van der Waals surface area contributed by atoms with Gasteiger partial charge in [-0.2, -0.15) is 0 Å². The first-order chi connectivity index (χ1) is 11.6. The van der Waals surface area contributed by atoms with E-state index in [9.17, 15) is 10.2 Å². The molecule has 0 unspecified atom stereocenters. The molecule has 2 aromatic carbocycles. The van der Waals surface area contributed by atoms with Crippen molar-refractivity contribution in [2.45, 2.75) is 18.8 Å². The number of hydrogen-bond acceptors (Lipinski definition) is 4. The summed E-state index contributed by atoms with van der Waals surface area (Å²) in [6, 6.07) is 18.9. The highest BCUT2D eigenvalue weighted by Crippen LogP contribution is 2.21. The fourth-order valence-electron chi connectivity index (χ4n) is 3.22. The van der Waals surface area contributed by atoms with Crippen molar-refractivity contribution in [2.75, 3.05) is 26.8 Å². The number of nitrogens with zero attached hydrogens (tertiary/aromatic N) is 1. The zero-order valence-electron chi connectivity index (χ0n) is 14.0. The van der Waals surface area contributed by atoms with E-state index in [1.807, 2.05) is 25.2 Å². The van der Waals surface area contributed by atoms with Gasteiger partial charge in [-0.1, -0.05) is 54.6 Å². The number of benzene rings is 2. The van der Waals surface area contributed by atoms with Crippen LogP contribution in [-0.2, 0) is 11.3 Å². The first kappa shape index (κ1) is 17.1. The third-order valence-corrected chi connectivity index (χ3v) is 4.56. The van der Waals surface area contributed by atoms with Gasteiger partial charge in [0.25, 0.3) is 0 Å². The Labute approximate surface area is 143 Å². The van der Waals surface area contributed by atoms with Crippen LogP contribution in [0.15, 0.2) is 54.6 Å². The van der Waals surface area contributed by atoms with E-state index in [0.717, 1.165) is 6.54 Å². The minimum Gasteiger partial charge on any atom is -0.390 e. The summed E-state index contributed by atoms with van der Waals surface area (Å²) in [4.78, 5) is 2.16. The molecule has 1 aliphatic heterocycles. The van der Waals surface area contributed by atoms with E-state index in [-0.39, 0.29) is 12.5 Å². The van der Waals surface area contributed by atoms with Crippen LogP contribution in [0.3, 0.4) is 0 Å². The Morgan fingerprint density at radius 2 is 1.62 bits per heavy atom. The van der Waals surface area contributed by atoms with Gasteiger partial charge in [-0.3, -0.25) is 0 Å². The summed E-state index contributed by atoms with van der Waals surface area (Å²) in [7, 11) is 2.03. The van der Waals surface area contributed by atoms with Crippen molar-refractivity contribution in [3.8, 4) is 11.1 Å². The second kappa shape index (κ2) is 7.90. The average Bonchev–Trinajstić information content (AvgIpc) is 2.60. The summed E-state index contributed by atoms with van der Waals surface area (Å²) in [5.74, 6) is -0.0534. The van der Waals surface area contributed by atoms with E-state index in [2.05, 4.69) is 41.3 Å². The Hall–Kier alpha value is -1.72. The molecular formula is C20H25NO3. The van der Waals surface area contributed by atoms with Gasteiger partial charge in [0.15, 0.2) is 0 Å². The first-order valence-electron chi connectivity index (χ1n) is 8.40. The normalized spacial score (nSPS) is 24.2. The van der Waals surface area contributed by atoms with Gasteiger partial charge in [0.2, 0.25) is 0 Å². The van der Waals surface area contributed by atoms with Crippen molar-refractivity contribution in [1.82, 2.24) is 4.90 Å². The van der Waals surface area contributed by atoms with Crippen molar-refractivity contribution in [3.63, 3.8) is 0 Å². The van der Waals surface area contributed by atoms with Crippen LogP contribution in [0, 0.1) is 5.92 Å². The number of rotatable bonds is 5. The van der Waals surface area contributed by atoms with Crippen LogP contribution >= 0.6 is 0 Å². The van der Waals surface area contributed by atoms with Crippen LogP contribution in [0.1, 0.15) is 5.56 Å². The van der Waals surface area contributed by atoms with Crippen LogP contribution in [0.5, 0.6) is 0 Å². The van der Waals surface area contributed by atoms with Gasteiger partial charge < -0.3 is 19.8 Å². The fourth-order valence-corrected chi connectivity index (χ4v) is 3.22. The SMILES string of the molecule is CN(Cc1ccc(-c2ccccc2)cc1)C[C@@H]1COC[C@@H](O)[C@H]1O. The summed E-state index contributed by atoms with van der Waals surface area (Å²) in [6.07, 6.45) is -1.48. The summed E-state index contributed by atoms with van der Waals surface area (Å²) in [6.45, 7) is 2.21. The molecule has 3 rings (SSSR count). The van der Waals surface area contributed by atoms with Gasteiger partial charge >= 0.3 is 0 Å². The van der Waals surface area contributed by atoms with E-state index in [4.69, 9.17) is 4.74 Å². The Morgan fingerprint density at radius 3 is 2.33 bits per heavy atom. The fraction of sp³-hybridized carbons (Fsp3) is 0.400. The monoisotopic (exact) mass is 327 g/mol. The number of aliphatic hydroxyl groups is 2. The molecule has 0 aliphatic carbocycles. The van der Waals surface area contributed by atoms with Crippen molar-refractivity contribution < 1.29 is 14.9 Å². The molecule has 1 heterocycles. The molecule has 0 aromatic heterocycles. The molecule has 0 radical (unpaired) electrons. The van der Waals surface area contributed by atoms with Crippen molar-refractivity contribution in [2.24, 2.45) is 5.92 Å². The number of ether oxygens (including phenoxy) is 1. The predicted octanol–water partition coefficient (Wildman–Crippen LogP) is 2.15. The summed E-state index contributed by atoms with van der Waals surface area (Å²) >= 11 is 0. The predicted molar refractivity (Wildman–Crippen MR) is 94.5 cm³/mol. The van der Waals surface area contributed by atoms with Crippen LogP contribution in [0.4, 0.5) is 0 Å². The standard InChI is InChI=1S/C20H25NO3/c1-21(12-18-13-24-14-19(22)20(18)23)11-15-7-9-17(10-8-15)16-5-3-2-4-6-16/h2-10,18-20,22-23H,11-14H2,1H3/t18-,19-,20+/m1/s1. The molecule has 0 spiro atoms. The lowest BCUT2D eigenvalue weighted by atomic mass is 9.96. The highest BCUT2D eigenvalue weighted by molar-refractivity contribution is 5.63. The van der Waals surface area contributed by atoms with E-state index in [1.54, 1.807) is 0 Å². The topological polar surface area (TPSA) is 52.9 Å². The maximum Gasteiger partial charge on any atom is 0.104 e. The molecule has 0 bridgehead atoms. The molecule has 3 atom stereocenters. The number of hydrogen-bond donors (Lipinski definition) is 2. The molecular weight excluding hydrogens is 302 g/mol. The molecule has 1 aliphatic rings. The Balaban J connectivity index is 1.57. The molecule has 0 saturated carbocycles. The van der Waals surface area contributed by atoms with E-state index < -0.39 is 12.2 Å². The quantitative estimate of drug-likeness (QED) is 0.884. The Morgan fingerprint density at radius 1 is 0.958 bits per heavy atom. The van der Waals surface area contributed by atoms with Crippen molar-refractivity contribution >= 4 is 0 Å². The molecule has 0 amide bonds. The Bertz CT molecular complexity index is 629. The highest BCUT2D eigenvalue weighted by Gasteiger charge is 2.31. The number of aliphatic hydroxyl groups excluding tert-OH is 2. The molecule has 1 saturated heterocycles. The van der Waals surface area contributed by atoms with Gasteiger partial charge in [-0.15, -0.1) is 0 Å². The smallest absolute Gasteiger partial charge is 0.104 e. The second-order valence-corrected chi connectivity index (χ2v) is 6.62. The molecule has 24 heavy (non-hydrogen) atoms. The van der Waals surface area contributed by atoms with Crippen LogP contribution in [-0.4, -0.2) is 54.1 Å². The summed E-state index contributed by atoms with van der Waals surface area (Å²) in [5.41, 5.74) is 3.65. The Kier molecular flexibility index (Phi) is 5.63. The lowest BCUT2D eigenvalue weighted by Crippen LogP contribution is -2.47. The van der Waals surface area contributed by atoms with Crippen molar-refractivity contribution in [3.05, 3.63) is 60.2 Å². The molecule has 2 N–H and O–H groups in total. The maximum atomic E-state index is 10.1. The highest BCUT2D eigenvalue weighted by atomic mass is 16.5. The lowest BCUT2D eigenvalue weighted by molar-refractivity contribution is -0.125. The van der Waals surface area contributed by atoms with E-state index >= 15 is 0 Å². The molecule has 2 aromatic rings. The van der Waals surface area contributed by atoms with E-state index in [1.165, 1.54) is 16.7 Å². The zero-order chi connectivity index (χ0) is 16.9. The van der Waals surface area contributed by atoms with E-state index in [0.29, 0.717) is 13.2 Å². The van der Waals surface area contributed by atoms with Gasteiger partial charge in [-0.05, 0) is 23.7 Å². The van der Waals surface area contributed by atoms with Crippen LogP contribution in [0.25, 0.3) is 11.1 Å². The molecule has 4 nitrogen and oxygen atoms in total. The summed E-state index contributed by atoms with van der Waals surface area (Å²) < 4.78 is 5.34. The van der Waals surface area contributed by atoms with Gasteiger partial charge in [0.05, 0.1) is 19.3 Å². The zero-order valence-corrected chi connectivity index (χ0v) is 14.0. The minimum atomic E-state index is -0.776. The van der Waals surface area contributed by atoms with Crippen LogP contribution < -0.4 is 0 Å². The third kappa shape index (κ3) is 4.22. The van der Waals surface area contributed by atoms with Gasteiger partial charge in [0, 0.05) is 19.0 Å². The molecule has 1 fully saturated rings. The third-order valence-electron chi connectivity index (χ3n) is 4.56. The maximum absolute atomic E-state index is 10.1. The summed E-state index contributed by atoms with van der Waals surface area (Å²) in [5, 5.41) is 19.8. The molecule has 4 heteroatoms. The second-order valence-electron chi connectivity index (χ2n) is 6.62. The molecule has 128 valence electrons. The first-order valence-corrected chi connectivity index (χ1v) is 8.40. The largest absolute Gasteiger partial charge is 0.390 e. The minimum absolute atomic E-state index is 0.0534. The average molecular weight is 327 g/mol. The van der Waals surface area contributed by atoms with Crippen LogP contribution in [0.2, 0.25) is 0 Å². The van der Waals surface area contributed by atoms with Crippen molar-refractivity contribution in [1.29, 1.82) is 0 Å².